The van der Waals surface area contributed by atoms with Crippen LogP contribution in [0.2, 0.25) is 0 Å². The molecule has 3 atom stereocenters. The maximum Gasteiger partial charge on any atom is 0.227 e. The predicted octanol–water partition coefficient (Wildman–Crippen LogP) is 3.44. The maximum absolute atomic E-state index is 13.1. The molecule has 0 aliphatic carbocycles. The highest BCUT2D eigenvalue weighted by Crippen LogP contribution is 2.43. The summed E-state index contributed by atoms with van der Waals surface area (Å²) in [5, 5.41) is 6.86. The summed E-state index contributed by atoms with van der Waals surface area (Å²) in [5.74, 6) is 0.729. The van der Waals surface area contributed by atoms with Gasteiger partial charge >= 0.3 is 0 Å². The van der Waals surface area contributed by atoms with Gasteiger partial charge in [-0.3, -0.25) is 14.9 Å². The van der Waals surface area contributed by atoms with Crippen molar-refractivity contribution in [3.05, 3.63) is 66.9 Å². The molecule has 0 radical (unpaired) electrons. The molecule has 2 saturated heterocycles. The van der Waals surface area contributed by atoms with Crippen molar-refractivity contribution < 1.29 is 4.79 Å². The van der Waals surface area contributed by atoms with E-state index in [9.17, 15) is 4.79 Å². The first-order valence-electron chi connectivity index (χ1n) is 10.9. The molecule has 7 nitrogen and oxygen atoms in total. The fraction of sp³-hybridized carbons (Fsp3) is 0.333. The van der Waals surface area contributed by atoms with Crippen molar-refractivity contribution in [3.63, 3.8) is 0 Å². The minimum Gasteiger partial charge on any atom is -0.346 e. The van der Waals surface area contributed by atoms with Crippen LogP contribution >= 0.6 is 0 Å². The Labute approximate surface area is 180 Å². The Morgan fingerprint density at radius 3 is 2.97 bits per heavy atom. The van der Waals surface area contributed by atoms with Crippen molar-refractivity contribution >= 4 is 16.9 Å². The number of carbonyl (C=O) groups excluding carboxylic acids is 1. The van der Waals surface area contributed by atoms with Crippen LogP contribution in [0.15, 0.2) is 61.3 Å². The van der Waals surface area contributed by atoms with Gasteiger partial charge < -0.3 is 9.47 Å². The van der Waals surface area contributed by atoms with Crippen LogP contribution in [0.5, 0.6) is 0 Å². The molecule has 2 aliphatic rings. The van der Waals surface area contributed by atoms with Gasteiger partial charge in [-0.05, 0) is 55.0 Å². The summed E-state index contributed by atoms with van der Waals surface area (Å²) in [6.07, 6.45) is 13.1. The molecule has 0 saturated carbocycles. The minimum atomic E-state index is 0.242. The number of H-pyrrole nitrogens is 1. The highest BCUT2D eigenvalue weighted by Gasteiger charge is 2.48. The lowest BCUT2D eigenvalue weighted by Crippen LogP contribution is -2.38. The molecule has 0 spiro atoms. The lowest BCUT2D eigenvalue weighted by molar-refractivity contribution is -0.131. The Kier molecular flexibility index (Phi) is 4.33. The summed E-state index contributed by atoms with van der Waals surface area (Å²) in [7, 11) is 0. The molecule has 7 heteroatoms. The van der Waals surface area contributed by atoms with Gasteiger partial charge in [0.2, 0.25) is 5.91 Å². The van der Waals surface area contributed by atoms with E-state index in [1.165, 1.54) is 0 Å². The smallest absolute Gasteiger partial charge is 0.227 e. The first kappa shape index (κ1) is 18.3. The second kappa shape index (κ2) is 7.34. The molecule has 2 fully saturated rings. The molecular weight excluding hydrogens is 388 g/mol. The average Bonchev–Trinajstić information content (AvgIpc) is 3.58. The number of rotatable bonds is 5. The van der Waals surface area contributed by atoms with Crippen LogP contribution in [0.25, 0.3) is 22.3 Å². The van der Waals surface area contributed by atoms with Gasteiger partial charge in [-0.1, -0.05) is 6.07 Å². The van der Waals surface area contributed by atoms with Crippen LogP contribution in [0.3, 0.4) is 0 Å². The van der Waals surface area contributed by atoms with E-state index >= 15 is 0 Å². The predicted molar refractivity (Wildman–Crippen MR) is 117 cm³/mol. The van der Waals surface area contributed by atoms with Crippen molar-refractivity contribution in [3.8, 4) is 11.3 Å². The first-order valence-corrected chi connectivity index (χ1v) is 10.9. The van der Waals surface area contributed by atoms with E-state index in [1.807, 2.05) is 24.4 Å². The molecule has 6 rings (SSSR count). The largest absolute Gasteiger partial charge is 0.346 e. The van der Waals surface area contributed by atoms with E-state index in [2.05, 4.69) is 43.0 Å². The number of fused-ring (bicyclic) bond motifs is 3. The Morgan fingerprint density at radius 2 is 2.13 bits per heavy atom. The van der Waals surface area contributed by atoms with E-state index in [0.717, 1.165) is 53.7 Å². The monoisotopic (exact) mass is 412 g/mol. The van der Waals surface area contributed by atoms with E-state index in [1.54, 1.807) is 18.6 Å². The number of pyridine rings is 2. The number of nitrogens with zero attached hydrogens (tertiary/aromatic N) is 5. The van der Waals surface area contributed by atoms with Crippen molar-refractivity contribution in [1.82, 2.24) is 29.6 Å². The van der Waals surface area contributed by atoms with Crippen LogP contribution in [0.4, 0.5) is 0 Å². The Bertz CT molecular complexity index is 1220. The van der Waals surface area contributed by atoms with E-state index < -0.39 is 0 Å². The van der Waals surface area contributed by atoms with Gasteiger partial charge in [-0.2, -0.15) is 5.10 Å². The average molecular weight is 412 g/mol. The standard InChI is InChI=1S/C24H24N6O/c31-24(10-16-2-1-8-25-12-16)30-19-3-5-22(30)17(11-19)15-29-9-7-21-23(29)6-4-20(28-21)18-13-26-27-14-18/h1-2,4,6-9,12-14,17,19,22H,3,5,10-11,15H2,(H,26,27). The van der Waals surface area contributed by atoms with Gasteiger partial charge in [0.25, 0.3) is 0 Å². The third kappa shape index (κ3) is 3.21. The third-order valence-corrected chi connectivity index (χ3v) is 6.88. The molecule has 31 heavy (non-hydrogen) atoms. The minimum absolute atomic E-state index is 0.242. The number of hydrogen-bond acceptors (Lipinski definition) is 4. The molecule has 4 aromatic rings. The first-order chi connectivity index (χ1) is 15.3. The van der Waals surface area contributed by atoms with Gasteiger partial charge in [-0.15, -0.1) is 0 Å². The van der Waals surface area contributed by atoms with Crippen LogP contribution in [-0.2, 0) is 17.8 Å². The molecule has 3 unspecified atom stereocenters. The van der Waals surface area contributed by atoms with Crippen molar-refractivity contribution in [2.45, 2.75) is 44.3 Å². The SMILES string of the molecule is O=C(Cc1cccnc1)N1C2CCC1C(Cn1ccc3nc(-c4cn[nH]c4)ccc31)C2. The van der Waals surface area contributed by atoms with Gasteiger partial charge in [0, 0.05) is 49.0 Å². The van der Waals surface area contributed by atoms with Crippen LogP contribution < -0.4 is 0 Å². The summed E-state index contributed by atoms with van der Waals surface area (Å²) < 4.78 is 2.30. The summed E-state index contributed by atoms with van der Waals surface area (Å²) >= 11 is 0. The van der Waals surface area contributed by atoms with Crippen molar-refractivity contribution in [1.29, 1.82) is 0 Å². The number of hydrogen-bond donors (Lipinski definition) is 1. The van der Waals surface area contributed by atoms with Gasteiger partial charge in [-0.25, -0.2) is 4.98 Å². The third-order valence-electron chi connectivity index (χ3n) is 6.88. The topological polar surface area (TPSA) is 79.7 Å². The summed E-state index contributed by atoms with van der Waals surface area (Å²) in [6.45, 7) is 0.925. The zero-order valence-corrected chi connectivity index (χ0v) is 17.2. The number of nitrogens with one attached hydrogen (secondary N) is 1. The fourth-order valence-electron chi connectivity index (χ4n) is 5.50. The molecule has 0 aromatic carbocycles. The Balaban J connectivity index is 1.20. The molecule has 2 bridgehead atoms. The Hall–Kier alpha value is -3.48. The van der Waals surface area contributed by atoms with E-state index in [4.69, 9.17) is 4.98 Å². The molecule has 2 aliphatic heterocycles. The molecule has 6 heterocycles. The van der Waals surface area contributed by atoms with E-state index in [-0.39, 0.29) is 5.91 Å². The molecule has 1 N–H and O–H groups in total. The summed E-state index contributed by atoms with van der Waals surface area (Å²) in [6, 6.07) is 10.9. The summed E-state index contributed by atoms with van der Waals surface area (Å²) in [5.41, 5.74) is 5.04. The fourth-order valence-corrected chi connectivity index (χ4v) is 5.50. The number of amides is 1. The maximum atomic E-state index is 13.1. The van der Waals surface area contributed by atoms with Crippen LogP contribution in [0, 0.1) is 5.92 Å². The lowest BCUT2D eigenvalue weighted by atomic mass is 9.89. The normalized spacial score (nSPS) is 22.5. The molecule has 4 aromatic heterocycles. The number of aromatic amines is 1. The van der Waals surface area contributed by atoms with Crippen LogP contribution in [-0.4, -0.2) is 47.6 Å². The van der Waals surface area contributed by atoms with Crippen molar-refractivity contribution in [2.24, 2.45) is 5.92 Å². The van der Waals surface area contributed by atoms with Gasteiger partial charge in [0.1, 0.15) is 0 Å². The second-order valence-electron chi connectivity index (χ2n) is 8.69. The highest BCUT2D eigenvalue weighted by atomic mass is 16.2. The Morgan fingerprint density at radius 1 is 1.16 bits per heavy atom. The quantitative estimate of drug-likeness (QED) is 0.545. The summed E-state index contributed by atoms with van der Waals surface area (Å²) in [4.78, 5) is 24.2. The van der Waals surface area contributed by atoms with Crippen LogP contribution in [0.1, 0.15) is 24.8 Å². The molecular formula is C24H24N6O. The second-order valence-corrected chi connectivity index (χ2v) is 8.69. The number of aromatic nitrogens is 5. The molecule has 1 amide bonds. The van der Waals surface area contributed by atoms with Gasteiger partial charge in [0.15, 0.2) is 0 Å². The number of carbonyl (C=O) groups is 1. The zero-order chi connectivity index (χ0) is 20.8. The zero-order valence-electron chi connectivity index (χ0n) is 17.2. The highest BCUT2D eigenvalue weighted by molar-refractivity contribution is 5.80. The van der Waals surface area contributed by atoms with E-state index in [0.29, 0.717) is 24.4 Å². The van der Waals surface area contributed by atoms with Gasteiger partial charge in [0.05, 0.1) is 29.3 Å². The van der Waals surface area contributed by atoms with Crippen molar-refractivity contribution in [2.75, 3.05) is 0 Å². The molecule has 156 valence electrons. The lowest BCUT2D eigenvalue weighted by Gasteiger charge is -2.25.